The van der Waals surface area contributed by atoms with E-state index in [0.29, 0.717) is 35.1 Å². The van der Waals surface area contributed by atoms with E-state index in [1.807, 2.05) is 0 Å². The Kier molecular flexibility index (Phi) is 5.92. The minimum atomic E-state index is -0.0920. The lowest BCUT2D eigenvalue weighted by Crippen LogP contribution is -2.42. The van der Waals surface area contributed by atoms with Crippen LogP contribution in [0, 0.1) is 0 Å². The Balaban J connectivity index is 0.00000200. The number of nitrogens with two attached hydrogens (primary N) is 2. The van der Waals surface area contributed by atoms with Crippen molar-refractivity contribution in [2.45, 2.75) is 18.9 Å². The summed E-state index contributed by atoms with van der Waals surface area (Å²) in [6.07, 6.45) is 1.63. The van der Waals surface area contributed by atoms with E-state index >= 15 is 0 Å². The lowest BCUT2D eigenvalue weighted by Gasteiger charge is -2.30. The summed E-state index contributed by atoms with van der Waals surface area (Å²) in [5, 5.41) is 0.359. The van der Waals surface area contributed by atoms with Crippen molar-refractivity contribution >= 4 is 35.6 Å². The number of nitrogen functional groups attached to an aromatic ring is 1. The third-order valence-corrected chi connectivity index (χ3v) is 3.70. The Morgan fingerprint density at radius 3 is 2.55 bits per heavy atom. The molecule has 0 radical (unpaired) electrons. The summed E-state index contributed by atoms with van der Waals surface area (Å²) in [6, 6.07) is 3.32. The monoisotopic (exact) mass is 319 g/mol. The number of benzene rings is 1. The van der Waals surface area contributed by atoms with Crippen molar-refractivity contribution in [2.24, 2.45) is 5.73 Å². The van der Waals surface area contributed by atoms with Crippen molar-refractivity contribution in [3.63, 3.8) is 0 Å². The Morgan fingerprint density at radius 2 is 2.00 bits per heavy atom. The topological polar surface area (TPSA) is 81.6 Å². The Morgan fingerprint density at radius 1 is 1.40 bits per heavy atom. The molecule has 20 heavy (non-hydrogen) atoms. The van der Waals surface area contributed by atoms with Crippen LogP contribution in [-0.2, 0) is 0 Å². The zero-order valence-electron chi connectivity index (χ0n) is 11.3. The van der Waals surface area contributed by atoms with Crippen molar-refractivity contribution in [1.29, 1.82) is 0 Å². The molecule has 0 aromatic heterocycles. The maximum Gasteiger partial charge on any atom is 0.257 e. The van der Waals surface area contributed by atoms with Gasteiger partial charge in [-0.05, 0) is 18.9 Å². The highest BCUT2D eigenvalue weighted by Gasteiger charge is 2.24. The number of anilines is 1. The average molecular weight is 320 g/mol. The molecule has 1 saturated heterocycles. The maximum atomic E-state index is 12.5. The van der Waals surface area contributed by atoms with E-state index in [1.54, 1.807) is 17.0 Å². The molecule has 7 heteroatoms. The number of nitrogens with zero attached hydrogens (tertiary/aromatic N) is 1. The minimum absolute atomic E-state index is 0. The standard InChI is InChI=1S/C13H18ClN3O2.ClH/c1-19-12-7-11(16)10(14)6-9(12)13(18)17-4-2-8(15)3-5-17;/h6-8H,2-5,15-16H2,1H3;1H. The van der Waals surface area contributed by atoms with Gasteiger partial charge in [0.05, 0.1) is 23.4 Å². The molecule has 0 aliphatic carbocycles. The third kappa shape index (κ3) is 3.48. The molecule has 0 unspecified atom stereocenters. The van der Waals surface area contributed by atoms with Gasteiger partial charge in [-0.15, -0.1) is 12.4 Å². The number of halogens is 2. The second-order valence-electron chi connectivity index (χ2n) is 4.70. The van der Waals surface area contributed by atoms with Crippen molar-refractivity contribution < 1.29 is 9.53 Å². The van der Waals surface area contributed by atoms with E-state index in [9.17, 15) is 4.79 Å². The first-order valence-electron chi connectivity index (χ1n) is 6.20. The molecule has 1 aromatic rings. The first-order valence-corrected chi connectivity index (χ1v) is 6.58. The number of amides is 1. The van der Waals surface area contributed by atoms with Crippen LogP contribution in [0.25, 0.3) is 0 Å². The smallest absolute Gasteiger partial charge is 0.257 e. The fourth-order valence-corrected chi connectivity index (χ4v) is 2.34. The molecular weight excluding hydrogens is 301 g/mol. The minimum Gasteiger partial charge on any atom is -0.496 e. The van der Waals surface area contributed by atoms with E-state index in [0.717, 1.165) is 12.8 Å². The molecule has 1 heterocycles. The predicted octanol–water partition coefficient (Wildman–Crippen LogP) is 1.92. The van der Waals surface area contributed by atoms with Crippen LogP contribution in [0.4, 0.5) is 5.69 Å². The molecule has 1 fully saturated rings. The fraction of sp³-hybridized carbons (Fsp3) is 0.462. The van der Waals surface area contributed by atoms with Gasteiger partial charge in [0.25, 0.3) is 5.91 Å². The molecule has 0 spiro atoms. The van der Waals surface area contributed by atoms with E-state index < -0.39 is 0 Å². The van der Waals surface area contributed by atoms with Gasteiger partial charge in [-0.3, -0.25) is 4.79 Å². The summed E-state index contributed by atoms with van der Waals surface area (Å²) in [4.78, 5) is 14.2. The molecule has 1 aliphatic rings. The van der Waals surface area contributed by atoms with Gasteiger partial charge in [0.2, 0.25) is 0 Å². The van der Waals surface area contributed by atoms with Gasteiger partial charge in [0.1, 0.15) is 5.75 Å². The maximum absolute atomic E-state index is 12.5. The van der Waals surface area contributed by atoms with Crippen LogP contribution in [0.3, 0.4) is 0 Å². The predicted molar refractivity (Wildman–Crippen MR) is 82.8 cm³/mol. The quantitative estimate of drug-likeness (QED) is 0.816. The average Bonchev–Trinajstić information content (AvgIpc) is 2.41. The highest BCUT2D eigenvalue weighted by Crippen LogP contribution is 2.30. The molecule has 2 rings (SSSR count). The lowest BCUT2D eigenvalue weighted by molar-refractivity contribution is 0.0711. The second-order valence-corrected chi connectivity index (χ2v) is 5.11. The third-order valence-electron chi connectivity index (χ3n) is 3.38. The van der Waals surface area contributed by atoms with Gasteiger partial charge in [-0.25, -0.2) is 0 Å². The highest BCUT2D eigenvalue weighted by molar-refractivity contribution is 6.33. The first-order chi connectivity index (χ1) is 9.02. The molecule has 0 bridgehead atoms. The summed E-state index contributed by atoms with van der Waals surface area (Å²) in [5.41, 5.74) is 12.4. The number of carbonyl (C=O) groups excluding carboxylic acids is 1. The Labute approximate surface area is 129 Å². The van der Waals surface area contributed by atoms with Crippen LogP contribution in [0.1, 0.15) is 23.2 Å². The van der Waals surface area contributed by atoms with Crippen LogP contribution < -0.4 is 16.2 Å². The van der Waals surface area contributed by atoms with Crippen LogP contribution in [-0.4, -0.2) is 37.0 Å². The summed E-state index contributed by atoms with van der Waals surface area (Å²) >= 11 is 5.98. The molecule has 5 nitrogen and oxygen atoms in total. The van der Waals surface area contributed by atoms with Gasteiger partial charge in [0.15, 0.2) is 0 Å². The molecule has 112 valence electrons. The van der Waals surface area contributed by atoms with Crippen LogP contribution in [0.15, 0.2) is 12.1 Å². The molecule has 1 aliphatic heterocycles. The number of likely N-dealkylation sites (tertiary alicyclic amines) is 1. The number of piperidine rings is 1. The summed E-state index contributed by atoms with van der Waals surface area (Å²) in [5.74, 6) is 0.354. The summed E-state index contributed by atoms with van der Waals surface area (Å²) in [6.45, 7) is 1.32. The Bertz CT molecular complexity index is 489. The van der Waals surface area contributed by atoms with E-state index in [-0.39, 0.29) is 24.4 Å². The van der Waals surface area contributed by atoms with Crippen molar-refractivity contribution in [2.75, 3.05) is 25.9 Å². The number of hydrogen-bond donors (Lipinski definition) is 2. The zero-order valence-corrected chi connectivity index (χ0v) is 12.8. The number of rotatable bonds is 2. The van der Waals surface area contributed by atoms with Gasteiger partial charge in [-0.2, -0.15) is 0 Å². The number of methoxy groups -OCH3 is 1. The molecular formula is C13H19Cl2N3O2. The van der Waals surface area contributed by atoms with Gasteiger partial charge in [0, 0.05) is 25.2 Å². The van der Waals surface area contributed by atoms with Gasteiger partial charge in [-0.1, -0.05) is 11.6 Å². The number of hydrogen-bond acceptors (Lipinski definition) is 4. The van der Waals surface area contributed by atoms with E-state index in [2.05, 4.69) is 0 Å². The van der Waals surface area contributed by atoms with Crippen LogP contribution in [0.2, 0.25) is 5.02 Å². The lowest BCUT2D eigenvalue weighted by atomic mass is 10.0. The fourth-order valence-electron chi connectivity index (χ4n) is 2.18. The van der Waals surface area contributed by atoms with Crippen molar-refractivity contribution in [3.8, 4) is 5.75 Å². The van der Waals surface area contributed by atoms with Crippen molar-refractivity contribution in [1.82, 2.24) is 4.90 Å². The molecule has 4 N–H and O–H groups in total. The normalized spacial score (nSPS) is 15.7. The highest BCUT2D eigenvalue weighted by atomic mass is 35.5. The van der Waals surface area contributed by atoms with Gasteiger partial charge >= 0.3 is 0 Å². The van der Waals surface area contributed by atoms with Gasteiger partial charge < -0.3 is 21.1 Å². The van der Waals surface area contributed by atoms with Crippen LogP contribution in [0.5, 0.6) is 5.75 Å². The van der Waals surface area contributed by atoms with Crippen LogP contribution >= 0.6 is 24.0 Å². The largest absolute Gasteiger partial charge is 0.496 e. The zero-order chi connectivity index (χ0) is 14.0. The molecule has 1 aromatic carbocycles. The first kappa shape index (κ1) is 16.9. The summed E-state index contributed by atoms with van der Waals surface area (Å²) in [7, 11) is 1.51. The molecule has 0 saturated carbocycles. The Hall–Kier alpha value is -1.17. The molecule has 0 atom stereocenters. The number of ether oxygens (including phenoxy) is 1. The van der Waals surface area contributed by atoms with Crippen molar-refractivity contribution in [3.05, 3.63) is 22.7 Å². The van der Waals surface area contributed by atoms with E-state index in [1.165, 1.54) is 7.11 Å². The molecule has 1 amide bonds. The summed E-state index contributed by atoms with van der Waals surface area (Å²) < 4.78 is 5.20. The second kappa shape index (κ2) is 7.02. The SMILES string of the molecule is COc1cc(N)c(Cl)cc1C(=O)N1CCC(N)CC1.Cl. The van der Waals surface area contributed by atoms with E-state index in [4.69, 9.17) is 27.8 Å². The number of carbonyl (C=O) groups is 1.